The minimum Gasteiger partial charge on any atom is -0.207 e. The number of hydrogen-bond donors (Lipinski definition) is 0. The van der Waals surface area contributed by atoms with Gasteiger partial charge in [0.25, 0.3) is 0 Å². The second-order valence-electron chi connectivity index (χ2n) is 7.02. The average molecular weight is 362 g/mol. The number of benzene rings is 2. The Balaban J connectivity index is 1.92. The highest BCUT2D eigenvalue weighted by Crippen LogP contribution is 2.41. The fourth-order valence-corrected chi connectivity index (χ4v) is 6.08. The monoisotopic (exact) mass is 361 g/mol. The van der Waals surface area contributed by atoms with Crippen molar-refractivity contribution in [3.8, 4) is 0 Å². The first-order valence-electron chi connectivity index (χ1n) is 8.09. The molecule has 0 amide bonds. The van der Waals surface area contributed by atoms with E-state index in [1.54, 1.807) is 28.2 Å². The normalized spacial score (nSPS) is 19.5. The smallest absolute Gasteiger partial charge is 0.207 e. The zero-order chi connectivity index (χ0) is 17.4. The van der Waals surface area contributed by atoms with E-state index in [9.17, 15) is 8.42 Å². The zero-order valence-electron chi connectivity index (χ0n) is 14.3. The molecule has 3 nitrogen and oxygen atoms in total. The van der Waals surface area contributed by atoms with Crippen molar-refractivity contribution in [3.63, 3.8) is 0 Å². The summed E-state index contributed by atoms with van der Waals surface area (Å²) in [6.45, 7) is 6.92. The van der Waals surface area contributed by atoms with E-state index in [0.29, 0.717) is 11.4 Å². The lowest BCUT2D eigenvalue weighted by atomic mass is 9.87. The molecule has 1 heterocycles. The fourth-order valence-electron chi connectivity index (χ4n) is 2.84. The van der Waals surface area contributed by atoms with Crippen molar-refractivity contribution in [2.75, 3.05) is 12.3 Å². The number of sulfonamides is 1. The Morgan fingerprint density at radius 3 is 2.21 bits per heavy atom. The van der Waals surface area contributed by atoms with Gasteiger partial charge in [0, 0.05) is 12.3 Å². The lowest BCUT2D eigenvalue weighted by Gasteiger charge is -2.24. The molecular formula is C19H23NO2S2. The quantitative estimate of drug-likeness (QED) is 0.812. The highest BCUT2D eigenvalue weighted by Gasteiger charge is 2.36. The van der Waals surface area contributed by atoms with Crippen LogP contribution in [0.25, 0.3) is 0 Å². The van der Waals surface area contributed by atoms with Crippen LogP contribution in [0.15, 0.2) is 59.5 Å². The number of rotatable bonds is 3. The summed E-state index contributed by atoms with van der Waals surface area (Å²) in [5, 5.41) is -0.140. The van der Waals surface area contributed by atoms with E-state index in [2.05, 4.69) is 20.8 Å². The molecule has 5 heteroatoms. The summed E-state index contributed by atoms with van der Waals surface area (Å²) in [6.07, 6.45) is 0. The van der Waals surface area contributed by atoms with E-state index >= 15 is 0 Å². The highest BCUT2D eigenvalue weighted by atomic mass is 32.2. The van der Waals surface area contributed by atoms with Crippen molar-refractivity contribution in [2.24, 2.45) is 0 Å². The van der Waals surface area contributed by atoms with E-state index in [4.69, 9.17) is 0 Å². The molecule has 1 aliphatic heterocycles. The third kappa shape index (κ3) is 3.39. The Bertz CT molecular complexity index is 794. The van der Waals surface area contributed by atoms with E-state index in [1.165, 1.54) is 0 Å². The first-order chi connectivity index (χ1) is 11.3. The number of hydrogen-bond acceptors (Lipinski definition) is 3. The number of thioether (sulfide) groups is 1. The summed E-state index contributed by atoms with van der Waals surface area (Å²) >= 11 is 1.68. The lowest BCUT2D eigenvalue weighted by molar-refractivity contribution is 0.434. The van der Waals surface area contributed by atoms with Gasteiger partial charge in [-0.25, -0.2) is 8.42 Å². The summed E-state index contributed by atoms with van der Waals surface area (Å²) in [5.74, 6) is 0.818. The fraction of sp³-hybridized carbons (Fsp3) is 0.368. The largest absolute Gasteiger partial charge is 0.244 e. The zero-order valence-corrected chi connectivity index (χ0v) is 15.9. The Hall–Kier alpha value is -1.30. The van der Waals surface area contributed by atoms with E-state index < -0.39 is 10.0 Å². The third-order valence-electron chi connectivity index (χ3n) is 4.26. The van der Waals surface area contributed by atoms with Gasteiger partial charge in [0.2, 0.25) is 10.0 Å². The molecule has 0 saturated carbocycles. The molecule has 0 aromatic heterocycles. The molecule has 1 fully saturated rings. The van der Waals surface area contributed by atoms with Crippen LogP contribution >= 0.6 is 11.8 Å². The molecule has 1 aliphatic rings. The summed E-state index contributed by atoms with van der Waals surface area (Å²) < 4.78 is 27.8. The van der Waals surface area contributed by atoms with Crippen LogP contribution in [0.4, 0.5) is 0 Å². The van der Waals surface area contributed by atoms with Crippen molar-refractivity contribution in [3.05, 3.63) is 65.7 Å². The molecule has 1 saturated heterocycles. The Kier molecular flexibility index (Phi) is 4.78. The van der Waals surface area contributed by atoms with Crippen LogP contribution in [0.5, 0.6) is 0 Å². The van der Waals surface area contributed by atoms with Gasteiger partial charge in [0.15, 0.2) is 0 Å². The Morgan fingerprint density at radius 2 is 1.62 bits per heavy atom. The SMILES string of the molecule is CC(C)(C)c1ccc(S(=O)(=O)N2CCS[C@H]2c2ccccc2)cc1. The summed E-state index contributed by atoms with van der Waals surface area (Å²) in [5.41, 5.74) is 2.19. The first-order valence-corrected chi connectivity index (χ1v) is 10.6. The molecule has 0 bridgehead atoms. The van der Waals surface area contributed by atoms with Crippen molar-refractivity contribution >= 4 is 21.8 Å². The van der Waals surface area contributed by atoms with Crippen molar-refractivity contribution in [1.29, 1.82) is 0 Å². The second-order valence-corrected chi connectivity index (χ2v) is 10.1. The summed E-state index contributed by atoms with van der Waals surface area (Å²) in [6, 6.07) is 17.2. The minimum absolute atomic E-state index is 0.0123. The topological polar surface area (TPSA) is 37.4 Å². The van der Waals surface area contributed by atoms with Crippen LogP contribution in [0.2, 0.25) is 0 Å². The van der Waals surface area contributed by atoms with Crippen LogP contribution in [0.3, 0.4) is 0 Å². The van der Waals surface area contributed by atoms with Crippen LogP contribution in [0, 0.1) is 0 Å². The molecule has 0 radical (unpaired) electrons. The molecule has 2 aromatic carbocycles. The molecule has 0 N–H and O–H groups in total. The number of nitrogens with zero attached hydrogens (tertiary/aromatic N) is 1. The second kappa shape index (κ2) is 6.54. The molecule has 0 aliphatic carbocycles. The average Bonchev–Trinajstić information content (AvgIpc) is 3.05. The predicted molar refractivity (Wildman–Crippen MR) is 101 cm³/mol. The van der Waals surface area contributed by atoms with Gasteiger partial charge in [-0.1, -0.05) is 63.2 Å². The molecule has 24 heavy (non-hydrogen) atoms. The lowest BCUT2D eigenvalue weighted by Crippen LogP contribution is -2.30. The van der Waals surface area contributed by atoms with Gasteiger partial charge in [-0.15, -0.1) is 11.8 Å². The minimum atomic E-state index is -3.49. The molecule has 1 atom stereocenters. The molecule has 0 spiro atoms. The van der Waals surface area contributed by atoms with Crippen molar-refractivity contribution in [2.45, 2.75) is 36.5 Å². The summed E-state index contributed by atoms with van der Waals surface area (Å²) in [4.78, 5) is 0.374. The van der Waals surface area contributed by atoms with Gasteiger partial charge in [0.1, 0.15) is 0 Å². The molecule has 128 valence electrons. The van der Waals surface area contributed by atoms with E-state index in [0.717, 1.165) is 16.9 Å². The van der Waals surface area contributed by atoms with Gasteiger partial charge in [0.05, 0.1) is 10.3 Å². The maximum atomic E-state index is 13.1. The van der Waals surface area contributed by atoms with Crippen LogP contribution < -0.4 is 0 Å². The standard InChI is InChI=1S/C19H23NO2S2/c1-19(2,3)16-9-11-17(12-10-16)24(21,22)20-13-14-23-18(20)15-7-5-4-6-8-15/h4-12,18H,13-14H2,1-3H3/t18-/m0/s1. The van der Waals surface area contributed by atoms with Crippen LogP contribution in [0.1, 0.15) is 37.3 Å². The van der Waals surface area contributed by atoms with Crippen molar-refractivity contribution in [1.82, 2.24) is 4.31 Å². The maximum Gasteiger partial charge on any atom is 0.244 e. The van der Waals surface area contributed by atoms with Gasteiger partial charge in [-0.3, -0.25) is 0 Å². The highest BCUT2D eigenvalue weighted by molar-refractivity contribution is 8.01. The molecule has 2 aromatic rings. The Morgan fingerprint density at radius 1 is 1.00 bits per heavy atom. The van der Waals surface area contributed by atoms with Gasteiger partial charge < -0.3 is 0 Å². The van der Waals surface area contributed by atoms with E-state index in [1.807, 2.05) is 42.5 Å². The predicted octanol–water partition coefficient (Wildman–Crippen LogP) is 4.42. The van der Waals surface area contributed by atoms with E-state index in [-0.39, 0.29) is 10.8 Å². The third-order valence-corrected chi connectivity index (χ3v) is 7.53. The van der Waals surface area contributed by atoms with Crippen LogP contribution in [-0.4, -0.2) is 25.0 Å². The van der Waals surface area contributed by atoms with Crippen LogP contribution in [-0.2, 0) is 15.4 Å². The van der Waals surface area contributed by atoms with Gasteiger partial charge >= 0.3 is 0 Å². The molecule has 3 rings (SSSR count). The first kappa shape index (κ1) is 17.5. The molecular weight excluding hydrogens is 338 g/mol. The summed E-state index contributed by atoms with van der Waals surface area (Å²) in [7, 11) is -3.49. The Labute approximate surface area is 149 Å². The maximum absolute atomic E-state index is 13.1. The van der Waals surface area contributed by atoms with Crippen molar-refractivity contribution < 1.29 is 8.42 Å². The van der Waals surface area contributed by atoms with Gasteiger partial charge in [-0.2, -0.15) is 4.31 Å². The molecule has 0 unspecified atom stereocenters. The van der Waals surface area contributed by atoms with Gasteiger partial charge in [-0.05, 0) is 28.7 Å².